The number of fused-ring (bicyclic) bond motifs is 1. The van der Waals surface area contributed by atoms with Gasteiger partial charge in [0.25, 0.3) is 5.88 Å². The minimum absolute atomic E-state index is 0.423. The zero-order valence-corrected chi connectivity index (χ0v) is 12.6. The lowest BCUT2D eigenvalue weighted by atomic mass is 10.2. The van der Waals surface area contributed by atoms with Crippen LogP contribution in [0.5, 0.6) is 17.4 Å². The van der Waals surface area contributed by atoms with Crippen molar-refractivity contribution in [2.75, 3.05) is 7.11 Å². The third kappa shape index (κ3) is 2.34. The number of nitrogens with zero attached hydrogens (tertiary/aromatic N) is 3. The molecular weight excluding hydrogens is 322 g/mol. The lowest BCUT2D eigenvalue weighted by Crippen LogP contribution is -1.96. The lowest BCUT2D eigenvalue weighted by Gasteiger charge is -2.11. The molecule has 0 fully saturated rings. The number of imidazole rings is 1. The molecule has 0 aliphatic rings. The topological polar surface area (TPSA) is 48.7 Å². The highest BCUT2D eigenvalue weighted by atomic mass is 79.9. The number of benzene rings is 1. The van der Waals surface area contributed by atoms with Crippen LogP contribution >= 0.6 is 15.9 Å². The van der Waals surface area contributed by atoms with E-state index in [1.165, 1.54) is 0 Å². The summed E-state index contributed by atoms with van der Waals surface area (Å²) < 4.78 is 13.7. The summed E-state index contributed by atoms with van der Waals surface area (Å²) >= 11 is 3.36. The van der Waals surface area contributed by atoms with E-state index < -0.39 is 0 Å². The van der Waals surface area contributed by atoms with E-state index in [9.17, 15) is 0 Å². The monoisotopic (exact) mass is 333 g/mol. The van der Waals surface area contributed by atoms with E-state index in [0.717, 1.165) is 5.56 Å². The Kier molecular flexibility index (Phi) is 3.31. The Bertz CT molecular complexity index is 770. The summed E-state index contributed by atoms with van der Waals surface area (Å²) in [6, 6.07) is 5.73. The van der Waals surface area contributed by atoms with E-state index in [1.54, 1.807) is 13.3 Å². The molecule has 0 radical (unpaired) electrons. The Morgan fingerprint density at radius 2 is 2.10 bits per heavy atom. The number of halogens is 1. The van der Waals surface area contributed by atoms with Gasteiger partial charge in [0.15, 0.2) is 11.5 Å². The Labute approximate surface area is 124 Å². The number of aromatic nitrogens is 3. The molecule has 102 valence electrons. The molecule has 0 aliphatic carbocycles. The fraction of sp³-hybridized carbons (Fsp3) is 0.143. The number of rotatable bonds is 3. The van der Waals surface area contributed by atoms with Crippen LogP contribution in [-0.4, -0.2) is 21.5 Å². The molecular formula is C14H12BrN3O2. The maximum absolute atomic E-state index is 5.86. The summed E-state index contributed by atoms with van der Waals surface area (Å²) in [5.41, 5.74) is 1.75. The fourth-order valence-electron chi connectivity index (χ4n) is 1.91. The number of ether oxygens (including phenoxy) is 2. The van der Waals surface area contributed by atoms with Crippen molar-refractivity contribution in [2.24, 2.45) is 0 Å². The second-order valence-corrected chi connectivity index (χ2v) is 5.10. The Morgan fingerprint density at radius 3 is 2.90 bits per heavy atom. The first-order valence-electron chi connectivity index (χ1n) is 5.99. The lowest BCUT2D eigenvalue weighted by molar-refractivity contribution is 0.374. The van der Waals surface area contributed by atoms with Crippen LogP contribution in [0.2, 0.25) is 0 Å². The summed E-state index contributed by atoms with van der Waals surface area (Å²) in [6.07, 6.45) is 5.35. The highest BCUT2D eigenvalue weighted by Gasteiger charge is 2.12. The molecule has 0 unspecified atom stereocenters. The normalized spacial score (nSPS) is 10.8. The Balaban J connectivity index is 2.07. The zero-order valence-electron chi connectivity index (χ0n) is 11.0. The molecule has 3 rings (SSSR count). The van der Waals surface area contributed by atoms with E-state index in [-0.39, 0.29) is 0 Å². The summed E-state index contributed by atoms with van der Waals surface area (Å²) in [5.74, 6) is 1.69. The maximum Gasteiger partial charge on any atom is 0.265 e. The van der Waals surface area contributed by atoms with Crippen LogP contribution in [0.15, 0.2) is 41.4 Å². The van der Waals surface area contributed by atoms with Gasteiger partial charge < -0.3 is 9.47 Å². The Hall–Kier alpha value is -2.08. The fourth-order valence-corrected chi connectivity index (χ4v) is 2.29. The van der Waals surface area contributed by atoms with Gasteiger partial charge in [-0.25, -0.2) is 9.97 Å². The Morgan fingerprint density at radius 1 is 1.25 bits per heavy atom. The summed E-state index contributed by atoms with van der Waals surface area (Å²) in [5, 5.41) is 0. The first kappa shape index (κ1) is 12.9. The van der Waals surface area contributed by atoms with Gasteiger partial charge in [-0.1, -0.05) is 6.07 Å². The van der Waals surface area contributed by atoms with Gasteiger partial charge in [-0.15, -0.1) is 0 Å². The predicted octanol–water partition coefficient (Wildman–Crippen LogP) is 3.60. The highest BCUT2D eigenvalue weighted by molar-refractivity contribution is 9.10. The average molecular weight is 334 g/mol. The van der Waals surface area contributed by atoms with Crippen molar-refractivity contribution in [3.05, 3.63) is 47.0 Å². The van der Waals surface area contributed by atoms with Crippen LogP contribution in [0, 0.1) is 6.92 Å². The third-order valence-corrected chi connectivity index (χ3v) is 3.22. The molecule has 1 aromatic carbocycles. The molecule has 3 aromatic rings. The van der Waals surface area contributed by atoms with E-state index in [2.05, 4.69) is 25.9 Å². The van der Waals surface area contributed by atoms with Crippen LogP contribution < -0.4 is 9.47 Å². The molecule has 0 aliphatic heterocycles. The van der Waals surface area contributed by atoms with Crippen molar-refractivity contribution in [2.45, 2.75) is 6.92 Å². The van der Waals surface area contributed by atoms with Gasteiger partial charge in [0.1, 0.15) is 4.60 Å². The molecule has 0 atom stereocenters. The van der Waals surface area contributed by atoms with Gasteiger partial charge in [0.05, 0.1) is 7.11 Å². The molecule has 0 saturated heterocycles. The van der Waals surface area contributed by atoms with E-state index in [4.69, 9.17) is 9.47 Å². The summed E-state index contributed by atoms with van der Waals surface area (Å²) in [6.45, 7) is 2.00. The van der Waals surface area contributed by atoms with Crippen molar-refractivity contribution in [1.29, 1.82) is 0 Å². The molecule has 0 bridgehead atoms. The first-order chi connectivity index (χ1) is 9.67. The minimum atomic E-state index is 0.423. The van der Waals surface area contributed by atoms with Crippen LogP contribution in [0.3, 0.4) is 0 Å². The number of hydrogen-bond acceptors (Lipinski definition) is 4. The van der Waals surface area contributed by atoms with Crippen molar-refractivity contribution in [1.82, 2.24) is 14.4 Å². The standard InChI is InChI=1S/C14H12BrN3O2/c1-9-3-4-10(11(7-9)19-2)20-14-13-16-5-6-18(13)8-12(15)17-14/h3-8H,1-2H3. The van der Waals surface area contributed by atoms with Crippen LogP contribution in [0.25, 0.3) is 5.65 Å². The first-order valence-corrected chi connectivity index (χ1v) is 6.78. The van der Waals surface area contributed by atoms with Crippen LogP contribution in [-0.2, 0) is 0 Å². The summed E-state index contributed by atoms with van der Waals surface area (Å²) in [7, 11) is 1.61. The number of aryl methyl sites for hydroxylation is 1. The molecule has 0 N–H and O–H groups in total. The predicted molar refractivity (Wildman–Crippen MR) is 78.5 cm³/mol. The van der Waals surface area contributed by atoms with E-state index in [1.807, 2.05) is 41.9 Å². The average Bonchev–Trinajstić information content (AvgIpc) is 2.88. The van der Waals surface area contributed by atoms with Gasteiger partial charge in [-0.2, -0.15) is 0 Å². The van der Waals surface area contributed by atoms with E-state index >= 15 is 0 Å². The molecule has 6 heteroatoms. The quantitative estimate of drug-likeness (QED) is 0.734. The van der Waals surface area contributed by atoms with Crippen molar-refractivity contribution >= 4 is 21.6 Å². The third-order valence-electron chi connectivity index (χ3n) is 2.84. The van der Waals surface area contributed by atoms with Crippen LogP contribution in [0.4, 0.5) is 0 Å². The molecule has 2 heterocycles. The summed E-state index contributed by atoms with van der Waals surface area (Å²) in [4.78, 5) is 8.57. The van der Waals surface area contributed by atoms with Gasteiger partial charge >= 0.3 is 0 Å². The molecule has 0 spiro atoms. The second kappa shape index (κ2) is 5.13. The molecule has 0 saturated carbocycles. The largest absolute Gasteiger partial charge is 0.493 e. The number of hydrogen-bond donors (Lipinski definition) is 0. The van der Waals surface area contributed by atoms with Crippen LogP contribution in [0.1, 0.15) is 5.56 Å². The minimum Gasteiger partial charge on any atom is -0.493 e. The highest BCUT2D eigenvalue weighted by Crippen LogP contribution is 2.33. The van der Waals surface area contributed by atoms with Gasteiger partial charge in [0.2, 0.25) is 5.65 Å². The number of methoxy groups -OCH3 is 1. The zero-order chi connectivity index (χ0) is 14.1. The van der Waals surface area contributed by atoms with Crippen molar-refractivity contribution in [3.8, 4) is 17.4 Å². The van der Waals surface area contributed by atoms with E-state index in [0.29, 0.717) is 27.6 Å². The maximum atomic E-state index is 5.86. The van der Waals surface area contributed by atoms with Crippen molar-refractivity contribution in [3.63, 3.8) is 0 Å². The SMILES string of the molecule is COc1cc(C)ccc1Oc1nc(Br)cn2ccnc12. The molecule has 5 nitrogen and oxygen atoms in total. The van der Waals surface area contributed by atoms with Gasteiger partial charge in [0, 0.05) is 18.6 Å². The molecule has 2 aromatic heterocycles. The van der Waals surface area contributed by atoms with Gasteiger partial charge in [-0.05, 0) is 40.5 Å². The smallest absolute Gasteiger partial charge is 0.265 e. The van der Waals surface area contributed by atoms with Gasteiger partial charge in [-0.3, -0.25) is 4.40 Å². The second-order valence-electron chi connectivity index (χ2n) is 4.28. The van der Waals surface area contributed by atoms with Crippen molar-refractivity contribution < 1.29 is 9.47 Å². The molecule has 20 heavy (non-hydrogen) atoms. The molecule has 0 amide bonds.